The van der Waals surface area contributed by atoms with Gasteiger partial charge in [-0.2, -0.15) is 13.2 Å². The van der Waals surface area contributed by atoms with E-state index in [4.69, 9.17) is 4.74 Å². The van der Waals surface area contributed by atoms with E-state index >= 15 is 0 Å². The minimum absolute atomic E-state index is 0.186. The van der Waals surface area contributed by atoms with E-state index in [0.29, 0.717) is 62.3 Å². The summed E-state index contributed by atoms with van der Waals surface area (Å²) >= 11 is 0. The molecule has 1 aromatic rings. The number of carbonyl (C=O) groups excluding carboxylic acids is 2. The number of carbonyl (C=O) groups is 2. The van der Waals surface area contributed by atoms with Crippen LogP contribution in [0.3, 0.4) is 0 Å². The van der Waals surface area contributed by atoms with Crippen LogP contribution in [0.1, 0.15) is 38.7 Å². The van der Waals surface area contributed by atoms with Crippen LogP contribution < -0.4 is 4.90 Å². The lowest BCUT2D eigenvalue weighted by atomic mass is 9.82. The van der Waals surface area contributed by atoms with Crippen molar-refractivity contribution < 1.29 is 27.5 Å². The number of benzene rings is 1. The molecule has 1 aromatic carbocycles. The molecule has 1 spiro atoms. The minimum Gasteiger partial charge on any atom is -0.450 e. The van der Waals surface area contributed by atoms with Crippen LogP contribution >= 0.6 is 0 Å². The quantitative estimate of drug-likeness (QED) is 0.640. The largest absolute Gasteiger partial charge is 0.450 e. The van der Waals surface area contributed by atoms with Crippen LogP contribution in [-0.2, 0) is 20.5 Å². The first-order chi connectivity index (χ1) is 15.6. The van der Waals surface area contributed by atoms with Gasteiger partial charge in [-0.05, 0) is 38.1 Å². The lowest BCUT2D eigenvalue weighted by Crippen LogP contribution is -2.49. The summed E-state index contributed by atoms with van der Waals surface area (Å²) in [5, 5.41) is 0. The summed E-state index contributed by atoms with van der Waals surface area (Å²) in [5.74, 6) is -0.613. The van der Waals surface area contributed by atoms with Crippen molar-refractivity contribution >= 4 is 17.6 Å². The second-order valence-corrected chi connectivity index (χ2v) is 9.00. The highest BCUT2D eigenvalue weighted by atomic mass is 19.4. The molecule has 3 aliphatic heterocycles. The van der Waals surface area contributed by atoms with Crippen molar-refractivity contribution in [2.24, 2.45) is 0 Å². The predicted octanol–water partition coefficient (Wildman–Crippen LogP) is 3.47. The molecule has 0 saturated carbocycles. The zero-order valence-electron chi connectivity index (χ0n) is 19.1. The minimum atomic E-state index is -4.40. The number of hydrogen-bond donors (Lipinski definition) is 0. The van der Waals surface area contributed by atoms with Crippen molar-refractivity contribution in [2.45, 2.75) is 44.9 Å². The molecule has 0 unspecified atom stereocenters. The maximum absolute atomic E-state index is 13.6. The number of alkyl halides is 3. The summed E-state index contributed by atoms with van der Waals surface area (Å²) in [4.78, 5) is 31.9. The third-order valence-corrected chi connectivity index (χ3v) is 7.07. The highest BCUT2D eigenvalue weighted by Gasteiger charge is 2.51. The molecule has 0 bridgehead atoms. The second-order valence-electron chi connectivity index (χ2n) is 9.00. The van der Waals surface area contributed by atoms with Gasteiger partial charge in [-0.1, -0.05) is 13.0 Å². The number of ether oxygens (including phenoxy) is 1. The van der Waals surface area contributed by atoms with Crippen molar-refractivity contribution in [3.63, 3.8) is 0 Å². The van der Waals surface area contributed by atoms with E-state index in [1.807, 2.05) is 4.90 Å². The van der Waals surface area contributed by atoms with Gasteiger partial charge in [-0.15, -0.1) is 0 Å². The average Bonchev–Trinajstić information content (AvgIpc) is 2.94. The first kappa shape index (κ1) is 23.6. The Morgan fingerprint density at radius 1 is 1.09 bits per heavy atom. The van der Waals surface area contributed by atoms with Crippen LogP contribution in [0.2, 0.25) is 0 Å². The van der Waals surface area contributed by atoms with Crippen LogP contribution in [0.5, 0.6) is 0 Å². The zero-order valence-corrected chi connectivity index (χ0v) is 19.1. The van der Waals surface area contributed by atoms with Gasteiger partial charge < -0.3 is 19.4 Å². The lowest BCUT2D eigenvalue weighted by molar-refractivity contribution is -0.151. The number of halogens is 3. The molecule has 4 rings (SSSR count). The fraction of sp³-hybridized carbons (Fsp3) is 0.583. The van der Waals surface area contributed by atoms with Crippen molar-refractivity contribution in [3.05, 3.63) is 41.0 Å². The third-order valence-electron chi connectivity index (χ3n) is 7.07. The van der Waals surface area contributed by atoms with Gasteiger partial charge in [0.25, 0.3) is 5.91 Å². The predicted molar refractivity (Wildman–Crippen MR) is 118 cm³/mol. The van der Waals surface area contributed by atoms with Crippen molar-refractivity contribution in [1.82, 2.24) is 9.80 Å². The van der Waals surface area contributed by atoms with E-state index in [0.717, 1.165) is 31.8 Å². The highest BCUT2D eigenvalue weighted by molar-refractivity contribution is 6.07. The summed E-state index contributed by atoms with van der Waals surface area (Å²) in [5.41, 5.74) is -0.200. The molecule has 33 heavy (non-hydrogen) atoms. The molecule has 9 heteroatoms. The van der Waals surface area contributed by atoms with Crippen LogP contribution in [0.4, 0.5) is 18.9 Å². The van der Waals surface area contributed by atoms with Crippen LogP contribution in [0.15, 0.2) is 35.4 Å². The summed E-state index contributed by atoms with van der Waals surface area (Å²) < 4.78 is 45.2. The maximum Gasteiger partial charge on any atom is 0.416 e. The highest BCUT2D eigenvalue weighted by Crippen LogP contribution is 2.42. The SMILES string of the molecule is CCN1CCC2(CC1)OC(=O)C(C)=C2C(=O)N1CCCN(c2cccc(C(F)(F)F)c2)CC1. The van der Waals surface area contributed by atoms with Gasteiger partial charge in [0.15, 0.2) is 0 Å². The molecule has 0 aromatic heterocycles. The zero-order chi connectivity index (χ0) is 23.8. The van der Waals surface area contributed by atoms with E-state index in [1.54, 1.807) is 17.9 Å². The number of esters is 1. The Morgan fingerprint density at radius 3 is 2.48 bits per heavy atom. The number of nitrogens with zero attached hydrogens (tertiary/aromatic N) is 3. The Labute approximate surface area is 192 Å². The van der Waals surface area contributed by atoms with E-state index in [-0.39, 0.29) is 5.91 Å². The molecule has 0 atom stereocenters. The first-order valence-corrected chi connectivity index (χ1v) is 11.5. The fourth-order valence-electron chi connectivity index (χ4n) is 5.10. The van der Waals surface area contributed by atoms with Gasteiger partial charge in [0.1, 0.15) is 5.60 Å². The van der Waals surface area contributed by atoms with Gasteiger partial charge in [0, 0.05) is 63.4 Å². The average molecular weight is 466 g/mol. The van der Waals surface area contributed by atoms with Gasteiger partial charge in [-0.3, -0.25) is 4.79 Å². The number of likely N-dealkylation sites (tertiary alicyclic amines) is 1. The van der Waals surface area contributed by atoms with E-state index < -0.39 is 23.3 Å². The van der Waals surface area contributed by atoms with Gasteiger partial charge in [0.05, 0.1) is 11.1 Å². The van der Waals surface area contributed by atoms with Crippen LogP contribution in [0, 0.1) is 0 Å². The Balaban J connectivity index is 1.50. The molecule has 180 valence electrons. The second kappa shape index (κ2) is 9.00. The molecular weight excluding hydrogens is 435 g/mol. The number of rotatable bonds is 3. The standard InChI is InChI=1S/C24H30F3N3O3/c1-3-28-12-8-23(9-13-28)20(17(2)22(32)33-23)21(31)30-11-5-10-29(14-15-30)19-7-4-6-18(16-19)24(25,26)27/h4,6-7,16H,3,5,8-15H2,1-2H3. The van der Waals surface area contributed by atoms with E-state index in [9.17, 15) is 22.8 Å². The van der Waals surface area contributed by atoms with E-state index in [1.165, 1.54) is 6.07 Å². The van der Waals surface area contributed by atoms with Gasteiger partial charge in [0.2, 0.25) is 0 Å². The molecule has 2 fully saturated rings. The fourth-order valence-corrected chi connectivity index (χ4v) is 5.10. The summed E-state index contributed by atoms with van der Waals surface area (Å²) in [7, 11) is 0. The summed E-state index contributed by atoms with van der Waals surface area (Å²) in [6, 6.07) is 5.30. The lowest BCUT2D eigenvalue weighted by Gasteiger charge is -2.40. The van der Waals surface area contributed by atoms with Crippen LogP contribution in [-0.4, -0.2) is 73.1 Å². The molecule has 0 N–H and O–H groups in total. The molecule has 3 heterocycles. The molecule has 3 aliphatic rings. The molecule has 0 aliphatic carbocycles. The summed E-state index contributed by atoms with van der Waals surface area (Å²) in [6.07, 6.45) is -2.59. The smallest absolute Gasteiger partial charge is 0.416 e. The molecule has 1 amide bonds. The van der Waals surface area contributed by atoms with Crippen LogP contribution in [0.25, 0.3) is 0 Å². The Bertz CT molecular complexity index is 952. The summed E-state index contributed by atoms with van der Waals surface area (Å²) in [6.45, 7) is 8.00. The monoisotopic (exact) mass is 465 g/mol. The third kappa shape index (κ3) is 4.60. The molecule has 0 radical (unpaired) electrons. The van der Waals surface area contributed by atoms with Gasteiger partial charge in [-0.25, -0.2) is 4.79 Å². The topological polar surface area (TPSA) is 53.1 Å². The first-order valence-electron chi connectivity index (χ1n) is 11.5. The van der Waals surface area contributed by atoms with Crippen molar-refractivity contribution in [3.8, 4) is 0 Å². The number of anilines is 1. The number of amides is 1. The molecular formula is C24H30F3N3O3. The van der Waals surface area contributed by atoms with Gasteiger partial charge >= 0.3 is 12.1 Å². The molecule has 6 nitrogen and oxygen atoms in total. The van der Waals surface area contributed by atoms with Crippen molar-refractivity contribution in [1.29, 1.82) is 0 Å². The number of hydrogen-bond acceptors (Lipinski definition) is 5. The maximum atomic E-state index is 13.6. The molecule has 2 saturated heterocycles. The Kier molecular flexibility index (Phi) is 6.44. The Morgan fingerprint density at radius 2 is 1.82 bits per heavy atom. The van der Waals surface area contributed by atoms with E-state index in [2.05, 4.69) is 11.8 Å². The normalized spacial score (nSPS) is 22.0. The van der Waals surface area contributed by atoms with Crippen molar-refractivity contribution in [2.75, 3.05) is 50.7 Å². The number of piperidine rings is 1. The Hall–Kier alpha value is -2.55.